The second-order valence-corrected chi connectivity index (χ2v) is 8.17. The van der Waals surface area contributed by atoms with Crippen LogP contribution in [0.25, 0.3) is 0 Å². The first-order chi connectivity index (χ1) is 12.5. The Morgan fingerprint density at radius 1 is 0.846 bits per heavy atom. The van der Waals surface area contributed by atoms with Crippen LogP contribution in [0.1, 0.15) is 27.6 Å². The highest BCUT2D eigenvalue weighted by Crippen LogP contribution is 2.43. The van der Waals surface area contributed by atoms with Crippen LogP contribution in [0, 0.1) is 0 Å². The summed E-state index contributed by atoms with van der Waals surface area (Å²) in [5, 5.41) is 1.56. The first-order valence-corrected chi connectivity index (χ1v) is 10.0. The van der Waals surface area contributed by atoms with Crippen LogP contribution in [0.5, 0.6) is 0 Å². The molecule has 0 heterocycles. The number of hydrogen-bond acceptors (Lipinski definition) is 2. The molecular formula is C21H15Cl3OS. The van der Waals surface area contributed by atoms with E-state index in [1.165, 1.54) is 11.8 Å². The van der Waals surface area contributed by atoms with E-state index in [1.54, 1.807) is 6.07 Å². The van der Waals surface area contributed by atoms with Crippen LogP contribution in [0.4, 0.5) is 0 Å². The molecule has 0 saturated carbocycles. The maximum atomic E-state index is 12.7. The van der Waals surface area contributed by atoms with E-state index in [2.05, 4.69) is 0 Å². The van der Waals surface area contributed by atoms with Gasteiger partial charge in [-0.15, -0.1) is 11.8 Å². The summed E-state index contributed by atoms with van der Waals surface area (Å²) in [7, 11) is 0. The lowest BCUT2D eigenvalue weighted by atomic mass is 10.0. The molecule has 0 unspecified atom stereocenters. The van der Waals surface area contributed by atoms with Gasteiger partial charge < -0.3 is 0 Å². The van der Waals surface area contributed by atoms with Crippen LogP contribution in [0.15, 0.2) is 77.7 Å². The molecule has 0 saturated heterocycles. The molecule has 1 atom stereocenters. The molecule has 0 fully saturated rings. The lowest BCUT2D eigenvalue weighted by Crippen LogP contribution is -2.05. The van der Waals surface area contributed by atoms with E-state index in [0.29, 0.717) is 27.1 Å². The maximum Gasteiger partial charge on any atom is 0.164 e. The predicted octanol–water partition coefficient (Wildman–Crippen LogP) is 7.75. The van der Waals surface area contributed by atoms with E-state index in [4.69, 9.17) is 34.8 Å². The summed E-state index contributed by atoms with van der Waals surface area (Å²) in [6.07, 6.45) is 0.346. The zero-order chi connectivity index (χ0) is 18.5. The molecule has 132 valence electrons. The van der Waals surface area contributed by atoms with Crippen molar-refractivity contribution >= 4 is 52.3 Å². The Bertz CT molecular complexity index is 895. The minimum atomic E-state index is -0.101. The highest BCUT2D eigenvalue weighted by Gasteiger charge is 2.20. The topological polar surface area (TPSA) is 17.1 Å². The summed E-state index contributed by atoms with van der Waals surface area (Å²) in [6, 6.07) is 22.4. The van der Waals surface area contributed by atoms with Crippen molar-refractivity contribution in [2.45, 2.75) is 16.6 Å². The lowest BCUT2D eigenvalue weighted by molar-refractivity contribution is 0.0982. The Kier molecular flexibility index (Phi) is 6.66. The number of benzene rings is 3. The summed E-state index contributed by atoms with van der Waals surface area (Å²) >= 11 is 20.0. The molecule has 26 heavy (non-hydrogen) atoms. The number of halogens is 3. The smallest absolute Gasteiger partial charge is 0.164 e. The normalized spacial score (nSPS) is 12.0. The number of thioether (sulfide) groups is 1. The molecule has 0 aliphatic carbocycles. The number of rotatable bonds is 6. The fourth-order valence-corrected chi connectivity index (χ4v) is 4.36. The van der Waals surface area contributed by atoms with E-state index in [9.17, 15) is 4.79 Å². The SMILES string of the molecule is O=C(C[C@H](Sc1cccc(Cl)c1Cl)c1ccc(Cl)cc1)c1ccccc1. The van der Waals surface area contributed by atoms with Crippen molar-refractivity contribution in [1.29, 1.82) is 0 Å². The van der Waals surface area contributed by atoms with E-state index in [-0.39, 0.29) is 11.0 Å². The van der Waals surface area contributed by atoms with Crippen molar-refractivity contribution < 1.29 is 4.79 Å². The number of carbonyl (C=O) groups is 1. The van der Waals surface area contributed by atoms with Crippen LogP contribution in [-0.2, 0) is 0 Å². The van der Waals surface area contributed by atoms with Gasteiger partial charge in [-0.3, -0.25) is 4.79 Å². The van der Waals surface area contributed by atoms with Gasteiger partial charge in [0.1, 0.15) is 0 Å². The molecule has 0 aliphatic heterocycles. The zero-order valence-electron chi connectivity index (χ0n) is 13.7. The van der Waals surface area contributed by atoms with Crippen molar-refractivity contribution in [3.8, 4) is 0 Å². The van der Waals surface area contributed by atoms with Crippen molar-refractivity contribution in [1.82, 2.24) is 0 Å². The van der Waals surface area contributed by atoms with Gasteiger partial charge in [-0.05, 0) is 29.8 Å². The van der Waals surface area contributed by atoms with Gasteiger partial charge in [-0.2, -0.15) is 0 Å². The molecule has 3 aromatic rings. The van der Waals surface area contributed by atoms with Gasteiger partial charge in [0.05, 0.1) is 10.0 Å². The minimum Gasteiger partial charge on any atom is -0.294 e. The number of ketones is 1. The minimum absolute atomic E-state index is 0.0798. The summed E-state index contributed by atoms with van der Waals surface area (Å²) in [4.78, 5) is 13.6. The van der Waals surface area contributed by atoms with E-state index < -0.39 is 0 Å². The Morgan fingerprint density at radius 3 is 2.23 bits per heavy atom. The third-order valence-corrected chi connectivity index (χ3v) is 6.39. The van der Waals surface area contributed by atoms with E-state index >= 15 is 0 Å². The van der Waals surface area contributed by atoms with Gasteiger partial charge in [-0.25, -0.2) is 0 Å². The number of hydrogen-bond donors (Lipinski definition) is 0. The Labute approximate surface area is 172 Å². The van der Waals surface area contributed by atoms with Gasteiger partial charge in [0.2, 0.25) is 0 Å². The Morgan fingerprint density at radius 2 is 1.54 bits per heavy atom. The fraction of sp³-hybridized carbons (Fsp3) is 0.0952. The second kappa shape index (κ2) is 8.96. The highest BCUT2D eigenvalue weighted by atomic mass is 35.5. The van der Waals surface area contributed by atoms with Gasteiger partial charge in [-0.1, -0.05) is 83.3 Å². The molecule has 5 heteroatoms. The number of carbonyl (C=O) groups excluding carboxylic acids is 1. The van der Waals surface area contributed by atoms with Crippen molar-refractivity contribution in [3.05, 3.63) is 99.0 Å². The number of Topliss-reactive ketones (excluding diaryl/α,β-unsaturated/α-hetero) is 1. The monoisotopic (exact) mass is 420 g/mol. The summed E-state index contributed by atoms with van der Waals surface area (Å²) in [5.74, 6) is 0.0798. The largest absolute Gasteiger partial charge is 0.294 e. The average molecular weight is 422 g/mol. The molecule has 0 N–H and O–H groups in total. The third-order valence-electron chi connectivity index (χ3n) is 3.89. The average Bonchev–Trinajstić information content (AvgIpc) is 2.66. The standard InChI is InChI=1S/C21H15Cl3OS/c22-16-11-9-15(10-12-16)20(13-18(25)14-5-2-1-3-6-14)26-19-8-4-7-17(23)21(19)24/h1-12,20H,13H2/t20-/m0/s1. The van der Waals surface area contributed by atoms with Gasteiger partial charge >= 0.3 is 0 Å². The molecule has 0 radical (unpaired) electrons. The summed E-state index contributed by atoms with van der Waals surface area (Å²) < 4.78 is 0. The first kappa shape index (κ1) is 19.3. The Hall–Kier alpha value is -1.45. The molecule has 1 nitrogen and oxygen atoms in total. The van der Waals surface area contributed by atoms with Crippen molar-refractivity contribution in [2.75, 3.05) is 0 Å². The summed E-state index contributed by atoms with van der Waals surface area (Å²) in [5.41, 5.74) is 1.71. The highest BCUT2D eigenvalue weighted by molar-refractivity contribution is 7.99. The van der Waals surface area contributed by atoms with E-state index in [0.717, 1.165) is 10.5 Å². The van der Waals surface area contributed by atoms with Gasteiger partial charge in [0.15, 0.2) is 5.78 Å². The molecule has 0 aliphatic rings. The third kappa shape index (κ3) is 4.83. The quantitative estimate of drug-likeness (QED) is 0.299. The van der Waals surface area contributed by atoms with Crippen LogP contribution in [0.2, 0.25) is 15.1 Å². The second-order valence-electron chi connectivity index (χ2n) is 5.70. The van der Waals surface area contributed by atoms with Gasteiger partial charge in [0.25, 0.3) is 0 Å². The Balaban J connectivity index is 1.90. The first-order valence-electron chi connectivity index (χ1n) is 7.99. The fourth-order valence-electron chi connectivity index (χ4n) is 2.54. The molecular weight excluding hydrogens is 407 g/mol. The maximum absolute atomic E-state index is 12.7. The molecule has 0 spiro atoms. The van der Waals surface area contributed by atoms with Crippen LogP contribution < -0.4 is 0 Å². The van der Waals surface area contributed by atoms with Gasteiger partial charge in [0, 0.05) is 27.2 Å². The molecule has 0 bridgehead atoms. The molecule has 3 aromatic carbocycles. The van der Waals surface area contributed by atoms with Crippen LogP contribution in [-0.4, -0.2) is 5.78 Å². The molecule has 0 aromatic heterocycles. The molecule has 3 rings (SSSR count). The van der Waals surface area contributed by atoms with Crippen LogP contribution in [0.3, 0.4) is 0 Å². The zero-order valence-corrected chi connectivity index (χ0v) is 16.7. The van der Waals surface area contributed by atoms with Crippen molar-refractivity contribution in [3.63, 3.8) is 0 Å². The molecule has 0 amide bonds. The predicted molar refractivity (Wildman–Crippen MR) is 112 cm³/mol. The lowest BCUT2D eigenvalue weighted by Gasteiger charge is -2.18. The van der Waals surface area contributed by atoms with Crippen LogP contribution >= 0.6 is 46.6 Å². The van der Waals surface area contributed by atoms with Crippen molar-refractivity contribution in [2.24, 2.45) is 0 Å². The summed E-state index contributed by atoms with van der Waals surface area (Å²) in [6.45, 7) is 0. The van der Waals surface area contributed by atoms with E-state index in [1.807, 2.05) is 66.7 Å².